The molecule has 8 rings (SSSR count). The normalized spacial score (nSPS) is 21.5. The van der Waals surface area contributed by atoms with Gasteiger partial charge in [-0.3, -0.25) is 14.3 Å². The topological polar surface area (TPSA) is 133 Å². The third kappa shape index (κ3) is 5.77. The molecule has 5 atom stereocenters. The number of aryl methyl sites for hydroxylation is 1. The second-order valence-corrected chi connectivity index (χ2v) is 19.3. The number of benzene rings is 4. The molecule has 1 spiro atoms. The molecule has 0 bridgehead atoms. The molecule has 1 fully saturated rings. The lowest BCUT2D eigenvalue weighted by atomic mass is 9.82. The van der Waals surface area contributed by atoms with Gasteiger partial charge in [0.2, 0.25) is 0 Å². The fraction of sp³-hybridized carbons (Fsp3) is 0.293. The highest BCUT2D eigenvalue weighted by atomic mass is 28.3. The van der Waals surface area contributed by atoms with E-state index < -0.39 is 13.7 Å². The molecule has 11 nitrogen and oxygen atoms in total. The predicted octanol–water partition coefficient (Wildman–Crippen LogP) is 5.37. The number of aliphatic hydroxyl groups excluding tert-OH is 1. The Hall–Kier alpha value is -5.43. The van der Waals surface area contributed by atoms with Gasteiger partial charge in [-0.2, -0.15) is 9.78 Å². The molecule has 4 heterocycles. The summed E-state index contributed by atoms with van der Waals surface area (Å²) in [4.78, 5) is 28.0. The van der Waals surface area contributed by atoms with E-state index in [9.17, 15) is 14.7 Å². The number of anilines is 1. The maximum absolute atomic E-state index is 14.3. The summed E-state index contributed by atoms with van der Waals surface area (Å²) >= 11 is 0. The van der Waals surface area contributed by atoms with Gasteiger partial charge in [0.25, 0.3) is 11.5 Å². The third-order valence-electron chi connectivity index (χ3n) is 11.5. The van der Waals surface area contributed by atoms with Crippen molar-refractivity contribution in [1.29, 1.82) is 0 Å². The lowest BCUT2D eigenvalue weighted by molar-refractivity contribution is -0.143. The van der Waals surface area contributed by atoms with Gasteiger partial charge < -0.3 is 19.9 Å². The van der Waals surface area contributed by atoms with Crippen molar-refractivity contribution in [3.8, 4) is 11.4 Å². The Kier molecular flexibility index (Phi) is 8.84. The van der Waals surface area contributed by atoms with Crippen molar-refractivity contribution in [3.05, 3.63) is 137 Å². The van der Waals surface area contributed by atoms with Crippen LogP contribution in [0.3, 0.4) is 0 Å². The number of ether oxygens (including phenoxy) is 2. The monoisotopic (exact) mass is 726 g/mol. The maximum Gasteiger partial charge on any atom is 0.279 e. The van der Waals surface area contributed by atoms with Gasteiger partial charge in [0, 0.05) is 35.3 Å². The smallest absolute Gasteiger partial charge is 0.279 e. The maximum atomic E-state index is 14.3. The number of amides is 1. The van der Waals surface area contributed by atoms with Gasteiger partial charge in [-0.25, -0.2) is 0 Å². The van der Waals surface area contributed by atoms with Crippen molar-refractivity contribution in [2.24, 2.45) is 5.92 Å². The quantitative estimate of drug-likeness (QED) is 0.180. The van der Waals surface area contributed by atoms with E-state index in [-0.39, 0.29) is 41.6 Å². The van der Waals surface area contributed by atoms with Crippen LogP contribution < -0.4 is 20.8 Å². The van der Waals surface area contributed by atoms with Crippen molar-refractivity contribution >= 4 is 35.6 Å². The van der Waals surface area contributed by atoms with Gasteiger partial charge in [-0.1, -0.05) is 91.1 Å². The summed E-state index contributed by atoms with van der Waals surface area (Å²) < 4.78 is 15.8. The van der Waals surface area contributed by atoms with E-state index in [4.69, 9.17) is 9.47 Å². The zero-order valence-electron chi connectivity index (χ0n) is 30.1. The van der Waals surface area contributed by atoms with Crippen LogP contribution in [0.5, 0.6) is 5.75 Å². The van der Waals surface area contributed by atoms with Gasteiger partial charge in [0.1, 0.15) is 5.75 Å². The molecular weight excluding hydrogens is 685 g/mol. The SMILES string of the molecule is COc1ccc([Si](C)(C)[C@H]2[C@H](CCn3cc(C(CO)c4ccccc4)nn3)O[C@@]3(C(=O)Nc4ccc(-n5ncc6ccccc6c5=O)cc43)[C@@H]2C)cc1. The van der Waals surface area contributed by atoms with Crippen LogP contribution in [0.15, 0.2) is 114 Å². The first-order valence-electron chi connectivity index (χ1n) is 18.0. The molecule has 0 saturated carbocycles. The summed E-state index contributed by atoms with van der Waals surface area (Å²) in [5.74, 6) is 0.0645. The molecule has 6 aromatic rings. The minimum absolute atomic E-state index is 0.00951. The first kappa shape index (κ1) is 34.6. The fourth-order valence-electron chi connectivity index (χ4n) is 8.69. The second-order valence-electron chi connectivity index (χ2n) is 14.6. The molecule has 2 aliphatic rings. The lowest BCUT2D eigenvalue weighted by Gasteiger charge is -2.37. The molecule has 4 aromatic carbocycles. The van der Waals surface area contributed by atoms with Gasteiger partial charge in [0.15, 0.2) is 5.60 Å². The molecule has 0 aliphatic carbocycles. The van der Waals surface area contributed by atoms with E-state index in [2.05, 4.69) is 52.9 Å². The predicted molar refractivity (Wildman–Crippen MR) is 206 cm³/mol. The highest BCUT2D eigenvalue weighted by molar-refractivity contribution is 6.91. The Bertz CT molecular complexity index is 2360. The molecule has 53 heavy (non-hydrogen) atoms. The molecule has 2 aromatic heterocycles. The number of nitrogens with zero attached hydrogens (tertiary/aromatic N) is 5. The van der Waals surface area contributed by atoms with E-state index in [1.165, 1.54) is 9.87 Å². The van der Waals surface area contributed by atoms with Crippen LogP contribution in [0.25, 0.3) is 16.5 Å². The Labute approximate surface area is 308 Å². The largest absolute Gasteiger partial charge is 0.497 e. The molecule has 2 aliphatic heterocycles. The highest BCUT2D eigenvalue weighted by Gasteiger charge is 2.64. The summed E-state index contributed by atoms with van der Waals surface area (Å²) in [5.41, 5.74) is 2.07. The number of aromatic nitrogens is 5. The number of nitrogens with one attached hydrogen (secondary N) is 1. The number of rotatable bonds is 10. The van der Waals surface area contributed by atoms with Crippen LogP contribution in [0.2, 0.25) is 18.6 Å². The van der Waals surface area contributed by atoms with Crippen LogP contribution in [0, 0.1) is 5.92 Å². The second kappa shape index (κ2) is 13.5. The van der Waals surface area contributed by atoms with E-state index in [0.29, 0.717) is 41.0 Å². The highest BCUT2D eigenvalue weighted by Crippen LogP contribution is 2.58. The van der Waals surface area contributed by atoms with Gasteiger partial charge in [-0.15, -0.1) is 5.10 Å². The third-order valence-corrected chi connectivity index (χ3v) is 15.8. The van der Waals surface area contributed by atoms with Crippen molar-refractivity contribution in [1.82, 2.24) is 24.8 Å². The number of carbonyl (C=O) groups excluding carboxylic acids is 1. The van der Waals surface area contributed by atoms with E-state index in [0.717, 1.165) is 16.7 Å². The van der Waals surface area contributed by atoms with Crippen LogP contribution >= 0.6 is 0 Å². The van der Waals surface area contributed by atoms with Crippen LogP contribution in [0.1, 0.15) is 36.1 Å². The minimum atomic E-state index is -2.38. The first-order valence-corrected chi connectivity index (χ1v) is 21.0. The Morgan fingerprint density at radius 3 is 2.51 bits per heavy atom. The number of aliphatic hydroxyl groups is 1. The van der Waals surface area contributed by atoms with E-state index >= 15 is 0 Å². The van der Waals surface area contributed by atoms with Gasteiger partial charge in [0.05, 0.1) is 56.8 Å². The number of carbonyl (C=O) groups is 1. The summed E-state index contributed by atoms with van der Waals surface area (Å²) in [6.45, 7) is 7.22. The van der Waals surface area contributed by atoms with Crippen LogP contribution in [0.4, 0.5) is 5.69 Å². The van der Waals surface area contributed by atoms with Crippen LogP contribution in [-0.4, -0.2) is 63.7 Å². The summed E-state index contributed by atoms with van der Waals surface area (Å²) in [6, 6.07) is 31.0. The van der Waals surface area contributed by atoms with Crippen molar-refractivity contribution in [2.45, 2.75) is 56.1 Å². The number of hydrogen-bond acceptors (Lipinski definition) is 8. The first-order chi connectivity index (χ1) is 25.6. The molecule has 1 unspecified atom stereocenters. The van der Waals surface area contributed by atoms with E-state index in [1.54, 1.807) is 24.1 Å². The standard InChI is InChI=1S/C41H42N6O5Si/c1-26-38(53(3,4)31-17-15-30(51-2)16-18-31)37(20-21-46-24-36(44-45-46)33(25-48)27-10-6-5-7-11-27)52-41(26)34-22-29(14-19-35(34)43-40(41)50)47-39(49)32-13-9-8-12-28(32)23-42-47/h5-19,22-24,26,33,37-38,48H,20-21,25H2,1-4H3,(H,43,50)/t26-,33?,37+,38-,41+/m1/s1. The average molecular weight is 727 g/mol. The fourth-order valence-corrected chi connectivity index (χ4v) is 12.8. The summed E-state index contributed by atoms with van der Waals surface area (Å²) in [5, 5.41) is 29.3. The summed E-state index contributed by atoms with van der Waals surface area (Å²) in [6.07, 6.45) is 3.84. The summed E-state index contributed by atoms with van der Waals surface area (Å²) in [7, 11) is -0.716. The Morgan fingerprint density at radius 2 is 1.75 bits per heavy atom. The molecule has 0 radical (unpaired) electrons. The molecule has 2 N–H and O–H groups in total. The van der Waals surface area contributed by atoms with Gasteiger partial charge in [-0.05, 0) is 53.9 Å². The van der Waals surface area contributed by atoms with Gasteiger partial charge >= 0.3 is 0 Å². The Morgan fingerprint density at radius 1 is 1.00 bits per heavy atom. The molecule has 270 valence electrons. The van der Waals surface area contributed by atoms with E-state index in [1.807, 2.05) is 85.1 Å². The molecular formula is C41H42N6O5Si. The molecule has 12 heteroatoms. The zero-order valence-corrected chi connectivity index (χ0v) is 31.1. The zero-order chi connectivity index (χ0) is 36.9. The Balaban J connectivity index is 1.17. The number of hydrogen-bond donors (Lipinski definition) is 2. The average Bonchev–Trinajstić information content (AvgIpc) is 3.85. The lowest BCUT2D eigenvalue weighted by Crippen LogP contribution is -2.51. The minimum Gasteiger partial charge on any atom is -0.497 e. The number of methoxy groups -OCH3 is 1. The van der Waals surface area contributed by atoms with Crippen molar-refractivity contribution in [2.75, 3.05) is 19.0 Å². The van der Waals surface area contributed by atoms with Crippen molar-refractivity contribution < 1.29 is 19.4 Å². The molecule has 1 amide bonds. The molecule has 1 saturated heterocycles. The number of fused-ring (bicyclic) bond motifs is 3. The van der Waals surface area contributed by atoms with Crippen LogP contribution in [-0.2, 0) is 21.7 Å². The van der Waals surface area contributed by atoms with Crippen molar-refractivity contribution in [3.63, 3.8) is 0 Å².